The van der Waals surface area contributed by atoms with Crippen molar-refractivity contribution >= 4 is 29.4 Å². The highest BCUT2D eigenvalue weighted by Crippen LogP contribution is 2.13. The lowest BCUT2D eigenvalue weighted by molar-refractivity contribution is -0.131. The van der Waals surface area contributed by atoms with E-state index in [4.69, 9.17) is 16.7 Å². The first kappa shape index (κ1) is 18.8. The molecular weight excluding hydrogens is 370 g/mol. The van der Waals surface area contributed by atoms with Crippen molar-refractivity contribution in [2.24, 2.45) is 0 Å². The molecular formula is C19H18ClN3O4. The third kappa shape index (κ3) is 4.62. The lowest BCUT2D eigenvalue weighted by atomic mass is 10.1. The molecule has 0 saturated carbocycles. The molecule has 0 aliphatic carbocycles. The minimum atomic E-state index is -1.14. The smallest absolute Gasteiger partial charge is 0.354 e. The number of halogens is 1. The molecule has 2 heterocycles. The summed E-state index contributed by atoms with van der Waals surface area (Å²) in [4.78, 5) is 42.9. The molecule has 2 aromatic rings. The number of aromatic carboxylic acids is 1. The number of pyridine rings is 1. The molecule has 140 valence electrons. The van der Waals surface area contributed by atoms with E-state index in [-0.39, 0.29) is 17.5 Å². The second-order valence-corrected chi connectivity index (χ2v) is 6.65. The van der Waals surface area contributed by atoms with Gasteiger partial charge in [-0.15, -0.1) is 0 Å². The minimum Gasteiger partial charge on any atom is -0.477 e. The highest BCUT2D eigenvalue weighted by molar-refractivity contribution is 6.30. The number of aromatic nitrogens is 1. The molecule has 7 nitrogen and oxygen atoms in total. The summed E-state index contributed by atoms with van der Waals surface area (Å²) in [6.07, 6.45) is 1.57. The predicted molar refractivity (Wildman–Crippen MR) is 98.8 cm³/mol. The summed E-state index contributed by atoms with van der Waals surface area (Å²) in [6, 6.07) is 9.93. The maximum atomic E-state index is 12.5. The second kappa shape index (κ2) is 8.18. The van der Waals surface area contributed by atoms with E-state index >= 15 is 0 Å². The van der Waals surface area contributed by atoms with Crippen molar-refractivity contribution in [3.63, 3.8) is 0 Å². The first-order valence-corrected chi connectivity index (χ1v) is 8.82. The summed E-state index contributed by atoms with van der Waals surface area (Å²) < 4.78 is 0. The average molecular weight is 388 g/mol. The lowest BCUT2D eigenvalue weighted by Gasteiger charge is -2.34. The molecule has 1 fully saturated rings. The molecule has 1 aromatic carbocycles. The van der Waals surface area contributed by atoms with E-state index in [2.05, 4.69) is 4.98 Å². The Bertz CT molecular complexity index is 844. The van der Waals surface area contributed by atoms with Crippen LogP contribution >= 0.6 is 11.6 Å². The largest absolute Gasteiger partial charge is 0.477 e. The van der Waals surface area contributed by atoms with Gasteiger partial charge in [0.1, 0.15) is 5.69 Å². The predicted octanol–water partition coefficient (Wildman–Crippen LogP) is 1.96. The van der Waals surface area contributed by atoms with E-state index in [1.807, 2.05) is 12.1 Å². The lowest BCUT2D eigenvalue weighted by Crippen LogP contribution is -2.51. The summed E-state index contributed by atoms with van der Waals surface area (Å²) in [6.45, 7) is 1.76. The van der Waals surface area contributed by atoms with E-state index in [0.29, 0.717) is 43.2 Å². The SMILES string of the molecule is O=C(O)c1ccc(C(=O)N2CCN(C(=O)Cc3ccc(Cl)cc3)CC2)cn1. The molecule has 0 atom stereocenters. The summed E-state index contributed by atoms with van der Waals surface area (Å²) in [5.74, 6) is -1.34. The van der Waals surface area contributed by atoms with Crippen LogP contribution in [0.1, 0.15) is 26.4 Å². The molecule has 1 N–H and O–H groups in total. The molecule has 0 bridgehead atoms. The molecule has 2 amide bonds. The number of carboxylic acids is 1. The molecule has 27 heavy (non-hydrogen) atoms. The topological polar surface area (TPSA) is 90.8 Å². The summed E-state index contributed by atoms with van der Waals surface area (Å²) in [5, 5.41) is 9.49. The number of benzene rings is 1. The van der Waals surface area contributed by atoms with Crippen molar-refractivity contribution in [2.75, 3.05) is 26.2 Å². The van der Waals surface area contributed by atoms with Crippen LogP contribution in [0.2, 0.25) is 5.02 Å². The van der Waals surface area contributed by atoms with Crippen LogP contribution in [0.5, 0.6) is 0 Å². The molecule has 0 radical (unpaired) electrons. The van der Waals surface area contributed by atoms with Gasteiger partial charge in [0, 0.05) is 37.4 Å². The van der Waals surface area contributed by atoms with Gasteiger partial charge in [-0.2, -0.15) is 0 Å². The van der Waals surface area contributed by atoms with E-state index < -0.39 is 5.97 Å². The molecule has 8 heteroatoms. The fourth-order valence-electron chi connectivity index (χ4n) is 2.88. The van der Waals surface area contributed by atoms with Crippen LogP contribution in [0.15, 0.2) is 42.6 Å². The molecule has 3 rings (SSSR count). The van der Waals surface area contributed by atoms with E-state index in [0.717, 1.165) is 5.56 Å². The maximum absolute atomic E-state index is 12.5. The van der Waals surface area contributed by atoms with Crippen molar-refractivity contribution in [3.8, 4) is 0 Å². The normalized spacial score (nSPS) is 14.1. The van der Waals surface area contributed by atoms with Crippen LogP contribution in [0.25, 0.3) is 0 Å². The fraction of sp³-hybridized carbons (Fsp3) is 0.263. The minimum absolute atomic E-state index is 0.0110. The van der Waals surface area contributed by atoms with Crippen molar-refractivity contribution in [3.05, 3.63) is 64.4 Å². The van der Waals surface area contributed by atoms with Crippen molar-refractivity contribution in [2.45, 2.75) is 6.42 Å². The Balaban J connectivity index is 1.54. The Morgan fingerprint density at radius 1 is 0.963 bits per heavy atom. The number of hydrogen-bond acceptors (Lipinski definition) is 4. The standard InChI is InChI=1S/C19H18ClN3O4/c20-15-4-1-13(2-5-15)11-17(24)22-7-9-23(10-8-22)18(25)14-3-6-16(19(26)27)21-12-14/h1-6,12H,7-11H2,(H,26,27). The van der Waals surface area contributed by atoms with Crippen LogP contribution in [-0.4, -0.2) is 63.9 Å². The van der Waals surface area contributed by atoms with Crippen LogP contribution in [0.3, 0.4) is 0 Å². The first-order chi connectivity index (χ1) is 12.9. The number of piperazine rings is 1. The van der Waals surface area contributed by atoms with Crippen LogP contribution in [0.4, 0.5) is 0 Å². The van der Waals surface area contributed by atoms with Gasteiger partial charge in [0.25, 0.3) is 5.91 Å². The number of rotatable bonds is 4. The number of carboxylic acid groups (broad SMARTS) is 1. The van der Waals surface area contributed by atoms with Gasteiger partial charge < -0.3 is 14.9 Å². The number of carbonyl (C=O) groups excluding carboxylic acids is 2. The Labute approximate surface area is 161 Å². The maximum Gasteiger partial charge on any atom is 0.354 e. The van der Waals surface area contributed by atoms with Crippen LogP contribution < -0.4 is 0 Å². The molecule has 1 aromatic heterocycles. The highest BCUT2D eigenvalue weighted by atomic mass is 35.5. The van der Waals surface area contributed by atoms with Gasteiger partial charge in [-0.05, 0) is 29.8 Å². The number of nitrogens with zero attached hydrogens (tertiary/aromatic N) is 3. The molecule has 0 unspecified atom stereocenters. The van der Waals surface area contributed by atoms with Gasteiger partial charge in [0.15, 0.2) is 0 Å². The van der Waals surface area contributed by atoms with E-state index in [9.17, 15) is 14.4 Å². The van der Waals surface area contributed by atoms with Crippen molar-refractivity contribution < 1.29 is 19.5 Å². The van der Waals surface area contributed by atoms with Crippen LogP contribution in [-0.2, 0) is 11.2 Å². The van der Waals surface area contributed by atoms with Gasteiger partial charge in [0.05, 0.1) is 12.0 Å². The third-order valence-electron chi connectivity index (χ3n) is 4.42. The van der Waals surface area contributed by atoms with E-state index in [1.54, 1.807) is 21.9 Å². The molecule has 1 aliphatic rings. The zero-order chi connectivity index (χ0) is 19.4. The van der Waals surface area contributed by atoms with Gasteiger partial charge in [-0.3, -0.25) is 9.59 Å². The van der Waals surface area contributed by atoms with E-state index in [1.165, 1.54) is 18.3 Å². The Hall–Kier alpha value is -2.93. The molecule has 0 spiro atoms. The second-order valence-electron chi connectivity index (χ2n) is 6.21. The van der Waals surface area contributed by atoms with Gasteiger partial charge in [-0.1, -0.05) is 23.7 Å². The first-order valence-electron chi connectivity index (χ1n) is 8.45. The zero-order valence-electron chi connectivity index (χ0n) is 14.5. The van der Waals surface area contributed by atoms with Gasteiger partial charge in [0.2, 0.25) is 5.91 Å². The Kier molecular flexibility index (Phi) is 5.71. The number of hydrogen-bond donors (Lipinski definition) is 1. The highest BCUT2D eigenvalue weighted by Gasteiger charge is 2.25. The molecule has 1 saturated heterocycles. The number of amides is 2. The van der Waals surface area contributed by atoms with Gasteiger partial charge >= 0.3 is 5.97 Å². The quantitative estimate of drug-likeness (QED) is 0.866. The summed E-state index contributed by atoms with van der Waals surface area (Å²) in [5.41, 5.74) is 1.12. The zero-order valence-corrected chi connectivity index (χ0v) is 15.2. The fourth-order valence-corrected chi connectivity index (χ4v) is 3.00. The summed E-state index contributed by atoms with van der Waals surface area (Å²) >= 11 is 5.85. The monoisotopic (exact) mass is 387 g/mol. The molecule has 1 aliphatic heterocycles. The number of carbonyl (C=O) groups is 3. The third-order valence-corrected chi connectivity index (χ3v) is 4.67. The van der Waals surface area contributed by atoms with Crippen molar-refractivity contribution in [1.29, 1.82) is 0 Å². The van der Waals surface area contributed by atoms with Crippen molar-refractivity contribution in [1.82, 2.24) is 14.8 Å². The Morgan fingerprint density at radius 2 is 1.59 bits per heavy atom. The van der Waals surface area contributed by atoms with Crippen LogP contribution in [0, 0.1) is 0 Å². The van der Waals surface area contributed by atoms with Gasteiger partial charge in [-0.25, -0.2) is 9.78 Å². The Morgan fingerprint density at radius 3 is 2.15 bits per heavy atom. The average Bonchev–Trinajstić information content (AvgIpc) is 2.69. The summed E-state index contributed by atoms with van der Waals surface area (Å²) in [7, 11) is 0.